The van der Waals surface area contributed by atoms with E-state index in [9.17, 15) is 4.79 Å². The molecule has 2 aromatic heterocycles. The molecule has 0 bridgehead atoms. The van der Waals surface area contributed by atoms with Gasteiger partial charge in [0.1, 0.15) is 0 Å². The van der Waals surface area contributed by atoms with Gasteiger partial charge in [0.25, 0.3) is 5.56 Å². The zero-order chi connectivity index (χ0) is 16.2. The van der Waals surface area contributed by atoms with E-state index in [1.54, 1.807) is 29.0 Å². The Morgan fingerprint density at radius 3 is 2.70 bits per heavy atom. The molecule has 118 valence electrons. The van der Waals surface area contributed by atoms with Crippen molar-refractivity contribution in [2.24, 2.45) is 0 Å². The van der Waals surface area contributed by atoms with Crippen LogP contribution in [0.15, 0.2) is 47.4 Å². The number of aryl methyl sites for hydroxylation is 2. The van der Waals surface area contributed by atoms with Crippen molar-refractivity contribution in [2.75, 3.05) is 0 Å². The summed E-state index contributed by atoms with van der Waals surface area (Å²) in [5.74, 6) is 0.587. The van der Waals surface area contributed by atoms with Crippen LogP contribution in [-0.4, -0.2) is 24.8 Å². The van der Waals surface area contributed by atoms with Crippen molar-refractivity contribution in [3.05, 3.63) is 74.4 Å². The van der Waals surface area contributed by atoms with Gasteiger partial charge >= 0.3 is 0 Å². The normalized spacial score (nSPS) is 10.9. The van der Waals surface area contributed by atoms with Crippen molar-refractivity contribution in [2.45, 2.75) is 19.5 Å². The predicted octanol–water partition coefficient (Wildman–Crippen LogP) is 2.43. The number of rotatable bonds is 5. The third-order valence-electron chi connectivity index (χ3n) is 3.28. The van der Waals surface area contributed by atoms with E-state index in [1.807, 2.05) is 12.1 Å². The molecule has 0 saturated carbocycles. The van der Waals surface area contributed by atoms with Gasteiger partial charge in [0.15, 0.2) is 5.82 Å². The second kappa shape index (κ2) is 6.93. The molecule has 3 rings (SSSR count). The molecule has 0 amide bonds. The molecule has 0 fully saturated rings. The number of hydrogen-bond donors (Lipinski definition) is 0. The van der Waals surface area contributed by atoms with Gasteiger partial charge in [0, 0.05) is 25.2 Å². The van der Waals surface area contributed by atoms with Gasteiger partial charge in [-0.15, -0.1) is 10.2 Å². The number of hydrogen-bond acceptors (Lipinski definition) is 4. The minimum atomic E-state index is -0.0522. The first kappa shape index (κ1) is 15.7. The predicted molar refractivity (Wildman–Crippen MR) is 87.8 cm³/mol. The van der Waals surface area contributed by atoms with Crippen LogP contribution in [0.1, 0.15) is 11.4 Å². The first-order valence-electron chi connectivity index (χ1n) is 6.98. The summed E-state index contributed by atoms with van der Waals surface area (Å²) in [7, 11) is 0. The molecule has 6 nitrogen and oxygen atoms in total. The molecule has 2 heterocycles. The zero-order valence-electron chi connectivity index (χ0n) is 12.1. The highest BCUT2D eigenvalue weighted by Crippen LogP contribution is 2.23. The van der Waals surface area contributed by atoms with E-state index < -0.39 is 0 Å². The van der Waals surface area contributed by atoms with Gasteiger partial charge in [-0.05, 0) is 29.0 Å². The van der Waals surface area contributed by atoms with Crippen LogP contribution in [0.2, 0.25) is 10.0 Å². The van der Waals surface area contributed by atoms with E-state index in [4.69, 9.17) is 23.2 Å². The van der Waals surface area contributed by atoms with Crippen LogP contribution in [0.3, 0.4) is 0 Å². The van der Waals surface area contributed by atoms with E-state index >= 15 is 0 Å². The average molecular weight is 350 g/mol. The highest BCUT2D eigenvalue weighted by molar-refractivity contribution is 6.42. The van der Waals surface area contributed by atoms with Crippen molar-refractivity contribution in [1.29, 1.82) is 0 Å². The van der Waals surface area contributed by atoms with E-state index in [0.29, 0.717) is 35.4 Å². The van der Waals surface area contributed by atoms with Crippen LogP contribution >= 0.6 is 23.2 Å². The summed E-state index contributed by atoms with van der Waals surface area (Å²) in [6.45, 7) is 0.959. The molecule has 0 aliphatic carbocycles. The lowest BCUT2D eigenvalue weighted by atomic mass is 10.1. The highest BCUT2D eigenvalue weighted by Gasteiger charge is 2.06. The molecule has 3 aromatic rings. The third-order valence-corrected chi connectivity index (χ3v) is 4.02. The number of tetrazole rings is 1. The van der Waals surface area contributed by atoms with Gasteiger partial charge in [-0.1, -0.05) is 35.3 Å². The van der Waals surface area contributed by atoms with E-state index in [1.165, 1.54) is 10.9 Å². The first-order chi connectivity index (χ1) is 11.1. The van der Waals surface area contributed by atoms with Crippen molar-refractivity contribution >= 4 is 23.2 Å². The maximum Gasteiger partial charge on any atom is 0.250 e. The summed E-state index contributed by atoms with van der Waals surface area (Å²) < 4.78 is 1.60. The summed E-state index contributed by atoms with van der Waals surface area (Å²) in [5, 5.41) is 13.3. The smallest absolute Gasteiger partial charge is 0.250 e. The van der Waals surface area contributed by atoms with Crippen molar-refractivity contribution in [3.63, 3.8) is 0 Å². The van der Waals surface area contributed by atoms with Crippen LogP contribution in [0.5, 0.6) is 0 Å². The monoisotopic (exact) mass is 349 g/mol. The summed E-state index contributed by atoms with van der Waals surface area (Å²) in [6, 6.07) is 10.4. The fourth-order valence-corrected chi connectivity index (χ4v) is 2.44. The van der Waals surface area contributed by atoms with Crippen LogP contribution < -0.4 is 5.56 Å². The Bertz CT molecular complexity index is 874. The minimum Gasteiger partial charge on any atom is -0.314 e. The lowest BCUT2D eigenvalue weighted by Gasteiger charge is -2.03. The van der Waals surface area contributed by atoms with Crippen LogP contribution in [0.4, 0.5) is 0 Å². The molecule has 0 aliphatic rings. The molecular formula is C15H13Cl2N5O. The third kappa shape index (κ3) is 3.97. The Morgan fingerprint density at radius 1 is 1.04 bits per heavy atom. The Labute approximate surface area is 142 Å². The Balaban J connectivity index is 1.65. The highest BCUT2D eigenvalue weighted by atomic mass is 35.5. The number of pyridine rings is 1. The lowest BCUT2D eigenvalue weighted by Crippen LogP contribution is -2.21. The number of halogens is 2. The molecule has 0 atom stereocenters. The topological polar surface area (TPSA) is 65.6 Å². The van der Waals surface area contributed by atoms with Crippen LogP contribution in [0.25, 0.3) is 0 Å². The number of benzene rings is 1. The molecule has 0 N–H and O–H groups in total. The Morgan fingerprint density at radius 2 is 1.91 bits per heavy atom. The molecule has 0 saturated heterocycles. The zero-order valence-corrected chi connectivity index (χ0v) is 13.6. The summed E-state index contributed by atoms with van der Waals surface area (Å²) in [5.41, 5.74) is 0.905. The largest absolute Gasteiger partial charge is 0.314 e. The van der Waals surface area contributed by atoms with Gasteiger partial charge in [-0.2, -0.15) is 4.80 Å². The molecule has 0 spiro atoms. The van der Waals surface area contributed by atoms with Crippen LogP contribution in [-0.2, 0) is 19.5 Å². The maximum atomic E-state index is 11.6. The fraction of sp³-hybridized carbons (Fsp3) is 0.200. The van der Waals surface area contributed by atoms with Crippen LogP contribution in [0, 0.1) is 0 Å². The molecule has 0 radical (unpaired) electrons. The van der Waals surface area contributed by atoms with Gasteiger partial charge in [0.05, 0.1) is 16.6 Å². The van der Waals surface area contributed by atoms with Gasteiger partial charge in [-0.25, -0.2) is 0 Å². The lowest BCUT2D eigenvalue weighted by molar-refractivity contribution is 0.464. The molecule has 1 aromatic carbocycles. The quantitative estimate of drug-likeness (QED) is 0.709. The number of nitrogens with zero attached hydrogens (tertiary/aromatic N) is 5. The fourth-order valence-electron chi connectivity index (χ4n) is 2.12. The Kier molecular flexibility index (Phi) is 4.73. The first-order valence-corrected chi connectivity index (χ1v) is 7.73. The standard InChI is InChI=1S/C15H13Cl2N5O/c16-12-5-4-11(9-13(12)17)10-14-18-20-22(19-14)8-7-21-6-2-1-3-15(21)23/h1-6,9H,7-8,10H2. The van der Waals surface area contributed by atoms with E-state index in [0.717, 1.165) is 5.56 Å². The molecular weight excluding hydrogens is 337 g/mol. The molecule has 8 heteroatoms. The van der Waals surface area contributed by atoms with Crippen molar-refractivity contribution in [3.8, 4) is 0 Å². The SMILES string of the molecule is O=c1ccccn1CCn1nnc(Cc2ccc(Cl)c(Cl)c2)n1. The van der Waals surface area contributed by atoms with E-state index in [-0.39, 0.29) is 5.56 Å². The number of aromatic nitrogens is 5. The second-order valence-corrected chi connectivity index (χ2v) is 5.77. The summed E-state index contributed by atoms with van der Waals surface area (Å²) >= 11 is 11.9. The summed E-state index contributed by atoms with van der Waals surface area (Å²) in [4.78, 5) is 13.1. The van der Waals surface area contributed by atoms with Crippen molar-refractivity contribution in [1.82, 2.24) is 24.8 Å². The van der Waals surface area contributed by atoms with E-state index in [2.05, 4.69) is 15.4 Å². The van der Waals surface area contributed by atoms with Gasteiger partial charge in [0.2, 0.25) is 0 Å². The maximum absolute atomic E-state index is 11.6. The molecule has 23 heavy (non-hydrogen) atoms. The average Bonchev–Trinajstić information content (AvgIpc) is 2.98. The molecule has 0 aliphatic heterocycles. The van der Waals surface area contributed by atoms with Gasteiger partial charge in [-0.3, -0.25) is 4.79 Å². The second-order valence-electron chi connectivity index (χ2n) is 4.96. The van der Waals surface area contributed by atoms with Crippen molar-refractivity contribution < 1.29 is 0 Å². The Hall–Kier alpha value is -2.18. The summed E-state index contributed by atoms with van der Waals surface area (Å²) in [6.07, 6.45) is 2.25. The minimum absolute atomic E-state index is 0.0522. The van der Waals surface area contributed by atoms with Gasteiger partial charge < -0.3 is 4.57 Å². The molecule has 0 unspecified atom stereocenters.